The molecular weight excluding hydrogens is 295 g/mol. The molecule has 2 atom stereocenters. The lowest BCUT2D eigenvalue weighted by atomic mass is 9.94. The number of hydrogen-bond acceptors (Lipinski definition) is 2. The average Bonchev–Trinajstić information content (AvgIpc) is 2.41. The smallest absolute Gasteiger partial charge is 0.220 e. The normalized spacial score (nSPS) is 21.9. The van der Waals surface area contributed by atoms with E-state index in [0.29, 0.717) is 12.3 Å². The summed E-state index contributed by atoms with van der Waals surface area (Å²) >= 11 is 5.83. The number of halogens is 2. The molecule has 112 valence electrons. The lowest BCUT2D eigenvalue weighted by Crippen LogP contribution is -2.50. The highest BCUT2D eigenvalue weighted by Gasteiger charge is 2.22. The van der Waals surface area contributed by atoms with Gasteiger partial charge >= 0.3 is 0 Å². The second-order valence-corrected chi connectivity index (χ2v) is 5.71. The van der Waals surface area contributed by atoms with Crippen molar-refractivity contribution in [1.29, 1.82) is 0 Å². The van der Waals surface area contributed by atoms with Crippen molar-refractivity contribution in [2.24, 2.45) is 5.92 Å². The topological polar surface area (TPSA) is 41.1 Å². The van der Waals surface area contributed by atoms with Gasteiger partial charge < -0.3 is 10.6 Å². The highest BCUT2D eigenvalue weighted by atomic mass is 35.5. The van der Waals surface area contributed by atoms with Crippen LogP contribution in [0.5, 0.6) is 0 Å². The summed E-state index contributed by atoms with van der Waals surface area (Å²) in [6.45, 7) is 4.14. The maximum Gasteiger partial charge on any atom is 0.220 e. The van der Waals surface area contributed by atoms with Crippen LogP contribution in [0.4, 0.5) is 0 Å². The SMILES string of the molecule is CC1CCNCC1NC(=O)CCc1ccc(Cl)cc1.Cl. The highest BCUT2D eigenvalue weighted by Crippen LogP contribution is 2.13. The third-order valence-electron chi connectivity index (χ3n) is 3.73. The predicted molar refractivity (Wildman–Crippen MR) is 85.6 cm³/mol. The summed E-state index contributed by atoms with van der Waals surface area (Å²) in [6.07, 6.45) is 2.42. The molecule has 2 unspecified atom stereocenters. The van der Waals surface area contributed by atoms with Crippen LogP contribution >= 0.6 is 24.0 Å². The van der Waals surface area contributed by atoms with Crippen molar-refractivity contribution in [3.05, 3.63) is 34.9 Å². The van der Waals surface area contributed by atoms with Crippen LogP contribution in [0.2, 0.25) is 5.02 Å². The highest BCUT2D eigenvalue weighted by molar-refractivity contribution is 6.30. The van der Waals surface area contributed by atoms with Crippen molar-refractivity contribution >= 4 is 29.9 Å². The molecule has 1 aliphatic rings. The number of benzene rings is 1. The fourth-order valence-electron chi connectivity index (χ4n) is 2.37. The maximum atomic E-state index is 11.9. The average molecular weight is 317 g/mol. The number of carbonyl (C=O) groups excluding carboxylic acids is 1. The summed E-state index contributed by atoms with van der Waals surface area (Å²) in [7, 11) is 0. The first-order valence-electron chi connectivity index (χ1n) is 6.89. The van der Waals surface area contributed by atoms with Crippen LogP contribution < -0.4 is 10.6 Å². The van der Waals surface area contributed by atoms with Gasteiger partial charge in [-0.1, -0.05) is 30.7 Å². The lowest BCUT2D eigenvalue weighted by Gasteiger charge is -2.30. The van der Waals surface area contributed by atoms with Gasteiger partial charge in [0.05, 0.1) is 0 Å². The molecule has 1 aromatic carbocycles. The number of hydrogen-bond donors (Lipinski definition) is 2. The second kappa shape index (κ2) is 8.50. The van der Waals surface area contributed by atoms with Gasteiger partial charge in [-0.2, -0.15) is 0 Å². The van der Waals surface area contributed by atoms with Gasteiger partial charge in [0.15, 0.2) is 0 Å². The first-order valence-corrected chi connectivity index (χ1v) is 7.27. The summed E-state index contributed by atoms with van der Waals surface area (Å²) in [6, 6.07) is 7.94. The van der Waals surface area contributed by atoms with Gasteiger partial charge in [0, 0.05) is 24.0 Å². The van der Waals surface area contributed by atoms with Gasteiger partial charge in [0.25, 0.3) is 0 Å². The number of rotatable bonds is 4. The predicted octanol–water partition coefficient (Wildman–Crippen LogP) is 2.81. The zero-order valence-corrected chi connectivity index (χ0v) is 13.3. The molecule has 1 heterocycles. The van der Waals surface area contributed by atoms with E-state index < -0.39 is 0 Å². The zero-order chi connectivity index (χ0) is 13.7. The molecule has 0 saturated carbocycles. The van der Waals surface area contributed by atoms with Crippen LogP contribution in [0, 0.1) is 5.92 Å². The Morgan fingerprint density at radius 3 is 2.75 bits per heavy atom. The van der Waals surface area contributed by atoms with Gasteiger partial charge in [-0.3, -0.25) is 4.79 Å². The fourth-order valence-corrected chi connectivity index (χ4v) is 2.50. The Hall–Kier alpha value is -0.770. The molecule has 1 amide bonds. The van der Waals surface area contributed by atoms with Crippen LogP contribution in [0.25, 0.3) is 0 Å². The van der Waals surface area contributed by atoms with E-state index in [2.05, 4.69) is 17.6 Å². The second-order valence-electron chi connectivity index (χ2n) is 5.27. The molecule has 5 heteroatoms. The monoisotopic (exact) mass is 316 g/mol. The fraction of sp³-hybridized carbons (Fsp3) is 0.533. The number of nitrogens with one attached hydrogen (secondary N) is 2. The van der Waals surface area contributed by atoms with E-state index in [1.165, 1.54) is 0 Å². The number of aryl methyl sites for hydroxylation is 1. The zero-order valence-electron chi connectivity index (χ0n) is 11.7. The van der Waals surface area contributed by atoms with E-state index in [4.69, 9.17) is 11.6 Å². The van der Waals surface area contributed by atoms with Gasteiger partial charge in [-0.05, 0) is 43.0 Å². The van der Waals surface area contributed by atoms with Crippen molar-refractivity contribution in [3.63, 3.8) is 0 Å². The summed E-state index contributed by atoms with van der Waals surface area (Å²) in [4.78, 5) is 11.9. The van der Waals surface area contributed by atoms with Gasteiger partial charge in [-0.25, -0.2) is 0 Å². The first kappa shape index (κ1) is 17.3. The Kier molecular flexibility index (Phi) is 7.35. The third kappa shape index (κ3) is 5.31. The summed E-state index contributed by atoms with van der Waals surface area (Å²) in [5.41, 5.74) is 1.15. The Bertz CT molecular complexity index is 422. The van der Waals surface area contributed by atoms with Crippen LogP contribution in [0.3, 0.4) is 0 Å². The molecule has 20 heavy (non-hydrogen) atoms. The molecule has 1 aromatic rings. The minimum absolute atomic E-state index is 0. The molecule has 2 N–H and O–H groups in total. The Labute approximate surface area is 131 Å². The summed E-state index contributed by atoms with van der Waals surface area (Å²) in [5, 5.41) is 7.18. The maximum absolute atomic E-state index is 11.9. The molecule has 1 fully saturated rings. The summed E-state index contributed by atoms with van der Waals surface area (Å²) in [5.74, 6) is 0.691. The molecule has 2 rings (SSSR count). The molecular formula is C15H22Cl2N2O. The standard InChI is InChI=1S/C15H21ClN2O.ClH/c1-11-8-9-17-10-14(11)18-15(19)7-4-12-2-5-13(16)6-3-12;/h2-3,5-6,11,14,17H,4,7-10H2,1H3,(H,18,19);1H. The molecule has 1 saturated heterocycles. The van der Waals surface area contributed by atoms with Crippen LogP contribution in [-0.2, 0) is 11.2 Å². The molecule has 0 radical (unpaired) electrons. The minimum Gasteiger partial charge on any atom is -0.352 e. The Balaban J connectivity index is 0.00000200. The van der Waals surface area contributed by atoms with Crippen LogP contribution in [0.15, 0.2) is 24.3 Å². The Morgan fingerprint density at radius 2 is 2.10 bits per heavy atom. The van der Waals surface area contributed by atoms with Crippen LogP contribution in [0.1, 0.15) is 25.3 Å². The number of amides is 1. The van der Waals surface area contributed by atoms with E-state index in [1.54, 1.807) is 0 Å². The van der Waals surface area contributed by atoms with Crippen molar-refractivity contribution < 1.29 is 4.79 Å². The van der Waals surface area contributed by atoms with E-state index in [1.807, 2.05) is 24.3 Å². The number of piperidine rings is 1. The largest absolute Gasteiger partial charge is 0.352 e. The van der Waals surface area contributed by atoms with Crippen molar-refractivity contribution in [3.8, 4) is 0 Å². The first-order chi connectivity index (χ1) is 9.15. The van der Waals surface area contributed by atoms with E-state index in [0.717, 1.165) is 36.5 Å². The third-order valence-corrected chi connectivity index (χ3v) is 3.98. The number of carbonyl (C=O) groups is 1. The molecule has 0 aromatic heterocycles. The molecule has 1 aliphatic heterocycles. The van der Waals surface area contributed by atoms with Gasteiger partial charge in [-0.15, -0.1) is 12.4 Å². The van der Waals surface area contributed by atoms with E-state index >= 15 is 0 Å². The van der Waals surface area contributed by atoms with E-state index in [9.17, 15) is 4.79 Å². The summed E-state index contributed by atoms with van der Waals surface area (Å²) < 4.78 is 0. The molecule has 3 nitrogen and oxygen atoms in total. The lowest BCUT2D eigenvalue weighted by molar-refractivity contribution is -0.122. The quantitative estimate of drug-likeness (QED) is 0.896. The molecule has 0 spiro atoms. The van der Waals surface area contributed by atoms with Crippen molar-refractivity contribution in [2.75, 3.05) is 13.1 Å². The molecule has 0 bridgehead atoms. The van der Waals surface area contributed by atoms with Crippen molar-refractivity contribution in [1.82, 2.24) is 10.6 Å². The van der Waals surface area contributed by atoms with Crippen molar-refractivity contribution in [2.45, 2.75) is 32.2 Å². The Morgan fingerprint density at radius 1 is 1.40 bits per heavy atom. The minimum atomic E-state index is 0. The molecule has 0 aliphatic carbocycles. The van der Waals surface area contributed by atoms with Crippen LogP contribution in [-0.4, -0.2) is 25.0 Å². The van der Waals surface area contributed by atoms with Gasteiger partial charge in [0.2, 0.25) is 5.91 Å². The van der Waals surface area contributed by atoms with E-state index in [-0.39, 0.29) is 24.4 Å². The van der Waals surface area contributed by atoms with Gasteiger partial charge in [0.1, 0.15) is 0 Å².